The number of hydrogen-bond acceptors (Lipinski definition) is 3. The van der Waals surface area contributed by atoms with E-state index in [9.17, 15) is 9.90 Å². The maximum atomic E-state index is 11.9. The van der Waals surface area contributed by atoms with Crippen molar-refractivity contribution in [2.24, 2.45) is 5.92 Å². The van der Waals surface area contributed by atoms with Gasteiger partial charge in [-0.25, -0.2) is 4.79 Å². The van der Waals surface area contributed by atoms with Gasteiger partial charge < -0.3 is 14.7 Å². The highest BCUT2D eigenvalue weighted by Crippen LogP contribution is 2.49. The first-order valence-corrected chi connectivity index (χ1v) is 6.35. The Labute approximate surface area is 106 Å². The first-order chi connectivity index (χ1) is 8.67. The van der Waals surface area contributed by atoms with Crippen molar-refractivity contribution in [3.05, 3.63) is 35.9 Å². The van der Waals surface area contributed by atoms with E-state index < -0.39 is 5.60 Å². The first kappa shape index (κ1) is 11.5. The van der Waals surface area contributed by atoms with Crippen LogP contribution in [0.1, 0.15) is 18.4 Å². The third-order valence-corrected chi connectivity index (χ3v) is 3.88. The molecule has 0 radical (unpaired) electrons. The van der Waals surface area contributed by atoms with Crippen LogP contribution < -0.4 is 0 Å². The molecular formula is C14H17NO3. The molecule has 0 bridgehead atoms. The summed E-state index contributed by atoms with van der Waals surface area (Å²) in [5, 5.41) is 10.0. The number of aliphatic hydroxyl groups is 1. The molecule has 2 aliphatic rings. The average molecular weight is 247 g/mol. The van der Waals surface area contributed by atoms with E-state index in [2.05, 4.69) is 0 Å². The SMILES string of the molecule is O=C(OCc1ccccc1)N1CC[C@@H]2C[C@]2(O)C1. The maximum Gasteiger partial charge on any atom is 0.410 e. The number of carbonyl (C=O) groups is 1. The van der Waals surface area contributed by atoms with Crippen LogP contribution in [0.2, 0.25) is 0 Å². The number of ether oxygens (including phenoxy) is 1. The molecule has 4 heteroatoms. The summed E-state index contributed by atoms with van der Waals surface area (Å²) < 4.78 is 5.26. The smallest absolute Gasteiger partial charge is 0.410 e. The highest BCUT2D eigenvalue weighted by atomic mass is 16.6. The molecule has 0 unspecified atom stereocenters. The third-order valence-electron chi connectivity index (χ3n) is 3.88. The van der Waals surface area contributed by atoms with Crippen LogP contribution in [0.4, 0.5) is 4.79 Å². The lowest BCUT2D eigenvalue weighted by atomic mass is 10.1. The maximum absolute atomic E-state index is 11.9. The second-order valence-electron chi connectivity index (χ2n) is 5.26. The van der Waals surface area contributed by atoms with Gasteiger partial charge in [0, 0.05) is 6.54 Å². The molecular weight excluding hydrogens is 230 g/mol. The lowest BCUT2D eigenvalue weighted by Gasteiger charge is -2.29. The molecule has 1 saturated heterocycles. The van der Waals surface area contributed by atoms with Crippen molar-refractivity contribution in [1.29, 1.82) is 0 Å². The molecule has 4 nitrogen and oxygen atoms in total. The van der Waals surface area contributed by atoms with Crippen LogP contribution in [-0.4, -0.2) is 34.8 Å². The van der Waals surface area contributed by atoms with E-state index in [4.69, 9.17) is 4.74 Å². The molecule has 0 aromatic heterocycles. The fourth-order valence-electron chi connectivity index (χ4n) is 2.62. The number of fused-ring (bicyclic) bond motifs is 1. The molecule has 96 valence electrons. The highest BCUT2D eigenvalue weighted by molar-refractivity contribution is 5.68. The Morgan fingerprint density at radius 2 is 2.22 bits per heavy atom. The van der Waals surface area contributed by atoms with Gasteiger partial charge >= 0.3 is 6.09 Å². The van der Waals surface area contributed by atoms with Gasteiger partial charge in [0.2, 0.25) is 0 Å². The molecule has 0 spiro atoms. The quantitative estimate of drug-likeness (QED) is 0.866. The van der Waals surface area contributed by atoms with Gasteiger partial charge in [-0.15, -0.1) is 0 Å². The zero-order valence-electron chi connectivity index (χ0n) is 10.2. The molecule has 1 aliphatic carbocycles. The molecule has 1 heterocycles. The molecule has 1 aromatic rings. The Morgan fingerprint density at radius 1 is 1.44 bits per heavy atom. The van der Waals surface area contributed by atoms with E-state index in [0.29, 0.717) is 19.0 Å². The standard InChI is InChI=1S/C14H17NO3/c16-13(18-9-11-4-2-1-3-5-11)15-7-6-12-8-14(12,17)10-15/h1-5,12,17H,6-10H2/t12-,14+/m1/s1. The van der Waals surface area contributed by atoms with Crippen molar-refractivity contribution in [3.8, 4) is 0 Å². The normalized spacial score (nSPS) is 29.6. The molecule has 1 aliphatic heterocycles. The summed E-state index contributed by atoms with van der Waals surface area (Å²) in [6.07, 6.45) is 1.39. The van der Waals surface area contributed by atoms with E-state index >= 15 is 0 Å². The van der Waals surface area contributed by atoms with Crippen LogP contribution in [0.3, 0.4) is 0 Å². The Balaban J connectivity index is 1.52. The Kier molecular flexibility index (Phi) is 2.74. The largest absolute Gasteiger partial charge is 0.445 e. The predicted molar refractivity (Wildman–Crippen MR) is 65.9 cm³/mol. The summed E-state index contributed by atoms with van der Waals surface area (Å²) >= 11 is 0. The van der Waals surface area contributed by atoms with E-state index in [1.165, 1.54) is 0 Å². The molecule has 2 fully saturated rings. The summed E-state index contributed by atoms with van der Waals surface area (Å²) in [5.74, 6) is 0.399. The van der Waals surface area contributed by atoms with Crippen molar-refractivity contribution in [2.45, 2.75) is 25.0 Å². The number of β-amino-alcohol motifs (C(OH)–C–C–N with tert-alkyl or cyclic N) is 1. The van der Waals surface area contributed by atoms with Crippen molar-refractivity contribution >= 4 is 6.09 Å². The lowest BCUT2D eigenvalue weighted by molar-refractivity contribution is 0.0339. The predicted octanol–water partition coefficient (Wildman–Crippen LogP) is 1.78. The minimum Gasteiger partial charge on any atom is -0.445 e. The number of hydrogen-bond donors (Lipinski definition) is 1. The van der Waals surface area contributed by atoms with Crippen LogP contribution >= 0.6 is 0 Å². The van der Waals surface area contributed by atoms with Crippen molar-refractivity contribution in [2.75, 3.05) is 13.1 Å². The first-order valence-electron chi connectivity index (χ1n) is 6.35. The summed E-state index contributed by atoms with van der Waals surface area (Å²) in [4.78, 5) is 13.5. The van der Waals surface area contributed by atoms with E-state index in [-0.39, 0.29) is 12.7 Å². The van der Waals surface area contributed by atoms with E-state index in [0.717, 1.165) is 18.4 Å². The number of amides is 1. The van der Waals surface area contributed by atoms with Gasteiger partial charge in [-0.05, 0) is 24.3 Å². The molecule has 1 aromatic carbocycles. The minimum absolute atomic E-state index is 0.290. The van der Waals surface area contributed by atoms with Gasteiger partial charge in [0.05, 0.1) is 12.1 Å². The van der Waals surface area contributed by atoms with Gasteiger partial charge in [-0.3, -0.25) is 0 Å². The Hall–Kier alpha value is -1.55. The average Bonchev–Trinajstić information content (AvgIpc) is 3.07. The summed E-state index contributed by atoms with van der Waals surface area (Å²) in [7, 11) is 0. The monoisotopic (exact) mass is 247 g/mol. The van der Waals surface area contributed by atoms with Crippen LogP contribution in [-0.2, 0) is 11.3 Å². The summed E-state index contributed by atoms with van der Waals surface area (Å²) in [5.41, 5.74) is 0.357. The van der Waals surface area contributed by atoms with Gasteiger partial charge in [0.1, 0.15) is 6.61 Å². The van der Waals surface area contributed by atoms with Crippen LogP contribution in [0, 0.1) is 5.92 Å². The summed E-state index contributed by atoms with van der Waals surface area (Å²) in [6.45, 7) is 1.41. The molecule has 1 N–H and O–H groups in total. The second-order valence-corrected chi connectivity index (χ2v) is 5.26. The number of carbonyl (C=O) groups excluding carboxylic acids is 1. The minimum atomic E-state index is -0.621. The number of piperidine rings is 1. The fourth-order valence-corrected chi connectivity index (χ4v) is 2.62. The fraction of sp³-hybridized carbons (Fsp3) is 0.500. The molecule has 1 saturated carbocycles. The zero-order valence-corrected chi connectivity index (χ0v) is 10.2. The number of nitrogens with zero attached hydrogens (tertiary/aromatic N) is 1. The van der Waals surface area contributed by atoms with E-state index in [1.807, 2.05) is 30.3 Å². The van der Waals surface area contributed by atoms with Gasteiger partial charge in [-0.2, -0.15) is 0 Å². The highest BCUT2D eigenvalue weighted by Gasteiger charge is 2.56. The third kappa shape index (κ3) is 2.20. The van der Waals surface area contributed by atoms with Crippen molar-refractivity contribution < 1.29 is 14.6 Å². The zero-order chi connectivity index (χ0) is 12.6. The van der Waals surface area contributed by atoms with Gasteiger partial charge in [-0.1, -0.05) is 30.3 Å². The summed E-state index contributed by atoms with van der Waals surface area (Å²) in [6, 6.07) is 9.61. The van der Waals surface area contributed by atoms with Gasteiger partial charge in [0.15, 0.2) is 0 Å². The number of benzene rings is 1. The molecule has 2 atom stereocenters. The Morgan fingerprint density at radius 3 is 2.94 bits per heavy atom. The van der Waals surface area contributed by atoms with Crippen LogP contribution in [0.25, 0.3) is 0 Å². The second kappa shape index (κ2) is 4.28. The molecule has 18 heavy (non-hydrogen) atoms. The lowest BCUT2D eigenvalue weighted by Crippen LogP contribution is -2.43. The topological polar surface area (TPSA) is 49.8 Å². The van der Waals surface area contributed by atoms with Crippen LogP contribution in [0.5, 0.6) is 0 Å². The number of likely N-dealkylation sites (tertiary alicyclic amines) is 1. The Bertz CT molecular complexity index is 448. The molecule has 3 rings (SSSR count). The van der Waals surface area contributed by atoms with Crippen molar-refractivity contribution in [3.63, 3.8) is 0 Å². The van der Waals surface area contributed by atoms with Crippen molar-refractivity contribution in [1.82, 2.24) is 4.90 Å². The van der Waals surface area contributed by atoms with Gasteiger partial charge in [0.25, 0.3) is 0 Å². The van der Waals surface area contributed by atoms with E-state index in [1.54, 1.807) is 4.90 Å². The number of rotatable bonds is 2. The molecule has 1 amide bonds. The van der Waals surface area contributed by atoms with Crippen LogP contribution in [0.15, 0.2) is 30.3 Å².